The SMILES string of the molecule is CCOC(=O)c1ccc(-c2ccc(CCNC[C@@H](O)c3ccccc3)cc2)cc1SC(C)C. The van der Waals surface area contributed by atoms with Crippen LogP contribution in [0.15, 0.2) is 77.7 Å². The number of carbonyl (C=O) groups is 1. The molecule has 3 aromatic rings. The van der Waals surface area contributed by atoms with Crippen molar-refractivity contribution in [2.24, 2.45) is 0 Å². The second-order valence-electron chi connectivity index (χ2n) is 8.18. The van der Waals surface area contributed by atoms with Crippen LogP contribution < -0.4 is 5.32 Å². The molecule has 0 amide bonds. The molecule has 0 aliphatic carbocycles. The van der Waals surface area contributed by atoms with Crippen molar-refractivity contribution < 1.29 is 14.6 Å². The zero-order valence-electron chi connectivity index (χ0n) is 19.6. The van der Waals surface area contributed by atoms with E-state index in [2.05, 4.69) is 49.5 Å². The summed E-state index contributed by atoms with van der Waals surface area (Å²) in [5, 5.41) is 13.9. The Kier molecular flexibility index (Phi) is 9.55. The van der Waals surface area contributed by atoms with E-state index in [1.807, 2.05) is 49.4 Å². The first-order valence-electron chi connectivity index (χ1n) is 11.5. The highest BCUT2D eigenvalue weighted by atomic mass is 32.2. The Labute approximate surface area is 201 Å². The molecule has 0 fully saturated rings. The van der Waals surface area contributed by atoms with Crippen LogP contribution in [-0.2, 0) is 11.2 Å². The summed E-state index contributed by atoms with van der Waals surface area (Å²) in [5.74, 6) is -0.271. The molecule has 0 aromatic heterocycles. The van der Waals surface area contributed by atoms with Gasteiger partial charge < -0.3 is 15.2 Å². The molecule has 0 unspecified atom stereocenters. The molecule has 5 heteroatoms. The minimum atomic E-state index is -0.496. The molecular weight excluding hydrogens is 430 g/mol. The van der Waals surface area contributed by atoms with Crippen molar-refractivity contribution >= 4 is 17.7 Å². The maximum atomic E-state index is 12.3. The van der Waals surface area contributed by atoms with Crippen LogP contribution in [0.4, 0.5) is 0 Å². The number of hydrogen-bond acceptors (Lipinski definition) is 5. The summed E-state index contributed by atoms with van der Waals surface area (Å²) in [7, 11) is 0. The van der Waals surface area contributed by atoms with E-state index in [1.54, 1.807) is 11.8 Å². The van der Waals surface area contributed by atoms with Crippen LogP contribution in [0.1, 0.15) is 48.4 Å². The summed E-state index contributed by atoms with van der Waals surface area (Å²) >= 11 is 1.68. The van der Waals surface area contributed by atoms with Crippen LogP contribution in [0.5, 0.6) is 0 Å². The standard InChI is InChI=1S/C28H33NO3S/c1-4-32-28(31)25-15-14-24(18-27(25)33-20(2)3)22-12-10-21(11-13-22)16-17-29-19-26(30)23-8-6-5-7-9-23/h5-15,18,20,26,29-30H,4,16-17,19H2,1-3H3/t26-/m1/s1. The molecule has 0 aliphatic heterocycles. The summed E-state index contributed by atoms with van der Waals surface area (Å²) in [6.45, 7) is 7.76. The molecule has 0 bridgehead atoms. The number of ether oxygens (including phenoxy) is 1. The Hall–Kier alpha value is -2.60. The predicted octanol–water partition coefficient (Wildman–Crippen LogP) is 5.90. The van der Waals surface area contributed by atoms with E-state index in [-0.39, 0.29) is 5.97 Å². The lowest BCUT2D eigenvalue weighted by molar-refractivity contribution is 0.0522. The van der Waals surface area contributed by atoms with Gasteiger partial charge in [-0.2, -0.15) is 0 Å². The molecule has 0 saturated heterocycles. The summed E-state index contributed by atoms with van der Waals surface area (Å²) < 4.78 is 5.22. The highest BCUT2D eigenvalue weighted by Crippen LogP contribution is 2.32. The molecule has 174 valence electrons. The number of thioether (sulfide) groups is 1. The van der Waals surface area contributed by atoms with Crippen molar-refractivity contribution in [3.8, 4) is 11.1 Å². The van der Waals surface area contributed by atoms with Crippen LogP contribution in [0, 0.1) is 0 Å². The highest BCUT2D eigenvalue weighted by molar-refractivity contribution is 8.00. The monoisotopic (exact) mass is 463 g/mol. The zero-order valence-corrected chi connectivity index (χ0v) is 20.4. The van der Waals surface area contributed by atoms with Gasteiger partial charge in [0.15, 0.2) is 0 Å². The van der Waals surface area contributed by atoms with Gasteiger partial charge in [0.1, 0.15) is 0 Å². The molecule has 0 aliphatic rings. The first kappa shape index (κ1) is 25.0. The maximum Gasteiger partial charge on any atom is 0.339 e. The molecule has 1 atom stereocenters. The number of rotatable bonds is 11. The normalized spacial score (nSPS) is 12.0. The second-order valence-corrected chi connectivity index (χ2v) is 9.79. The van der Waals surface area contributed by atoms with Gasteiger partial charge in [-0.15, -0.1) is 11.8 Å². The van der Waals surface area contributed by atoms with Gasteiger partial charge in [-0.3, -0.25) is 0 Å². The highest BCUT2D eigenvalue weighted by Gasteiger charge is 2.15. The topological polar surface area (TPSA) is 58.6 Å². The van der Waals surface area contributed by atoms with Gasteiger partial charge in [-0.1, -0.05) is 74.5 Å². The maximum absolute atomic E-state index is 12.3. The average molecular weight is 464 g/mol. The third-order valence-electron chi connectivity index (χ3n) is 5.24. The number of benzene rings is 3. The van der Waals surface area contributed by atoms with Crippen LogP contribution in [0.2, 0.25) is 0 Å². The van der Waals surface area contributed by atoms with Crippen LogP contribution in [0.3, 0.4) is 0 Å². The van der Waals surface area contributed by atoms with Crippen molar-refractivity contribution in [2.75, 3.05) is 19.7 Å². The molecule has 2 N–H and O–H groups in total. The molecule has 3 aromatic carbocycles. The molecule has 0 heterocycles. The lowest BCUT2D eigenvalue weighted by atomic mass is 10.0. The van der Waals surface area contributed by atoms with Crippen LogP contribution in [0.25, 0.3) is 11.1 Å². The quantitative estimate of drug-likeness (QED) is 0.211. The smallest absolute Gasteiger partial charge is 0.339 e. The van der Waals surface area contributed by atoms with E-state index in [0.29, 0.717) is 24.0 Å². The fraction of sp³-hybridized carbons (Fsp3) is 0.321. The Bertz CT molecular complexity index is 1020. The number of carbonyl (C=O) groups excluding carboxylic acids is 1. The van der Waals surface area contributed by atoms with E-state index in [1.165, 1.54) is 5.56 Å². The Morgan fingerprint density at radius 2 is 1.70 bits per heavy atom. The van der Waals surface area contributed by atoms with Crippen molar-refractivity contribution in [3.63, 3.8) is 0 Å². The first-order valence-corrected chi connectivity index (χ1v) is 12.4. The minimum Gasteiger partial charge on any atom is -0.462 e. The van der Waals surface area contributed by atoms with Gasteiger partial charge in [-0.05, 0) is 54.3 Å². The van der Waals surface area contributed by atoms with Gasteiger partial charge >= 0.3 is 5.97 Å². The Balaban J connectivity index is 1.60. The molecule has 0 radical (unpaired) electrons. The van der Waals surface area contributed by atoms with Gasteiger partial charge in [0.2, 0.25) is 0 Å². The van der Waals surface area contributed by atoms with Crippen molar-refractivity contribution in [2.45, 2.75) is 43.4 Å². The number of nitrogens with one attached hydrogen (secondary N) is 1. The summed E-state index contributed by atoms with van der Waals surface area (Å²) in [6, 6.07) is 24.2. The second kappa shape index (κ2) is 12.6. The van der Waals surface area contributed by atoms with Gasteiger partial charge in [-0.25, -0.2) is 4.79 Å². The van der Waals surface area contributed by atoms with Crippen LogP contribution >= 0.6 is 11.8 Å². The van der Waals surface area contributed by atoms with E-state index in [0.717, 1.165) is 34.6 Å². The Morgan fingerprint density at radius 3 is 2.36 bits per heavy atom. The third kappa shape index (κ3) is 7.46. The van der Waals surface area contributed by atoms with Gasteiger partial charge in [0.05, 0.1) is 18.3 Å². The van der Waals surface area contributed by atoms with Gasteiger partial charge in [0.25, 0.3) is 0 Å². The summed E-state index contributed by atoms with van der Waals surface area (Å²) in [4.78, 5) is 13.3. The van der Waals surface area contributed by atoms with Crippen molar-refractivity contribution in [3.05, 3.63) is 89.5 Å². The predicted molar refractivity (Wildman–Crippen MR) is 137 cm³/mol. The molecule has 0 saturated carbocycles. The lowest BCUT2D eigenvalue weighted by Crippen LogP contribution is -2.23. The molecular formula is C28H33NO3S. The van der Waals surface area contributed by atoms with E-state index in [4.69, 9.17) is 4.74 Å². The summed E-state index contributed by atoms with van der Waals surface area (Å²) in [6.07, 6.45) is 0.391. The molecule has 33 heavy (non-hydrogen) atoms. The van der Waals surface area contributed by atoms with Crippen molar-refractivity contribution in [1.82, 2.24) is 5.32 Å². The Morgan fingerprint density at radius 1 is 1.00 bits per heavy atom. The van der Waals surface area contributed by atoms with Crippen LogP contribution in [-0.4, -0.2) is 36.0 Å². The van der Waals surface area contributed by atoms with Gasteiger partial charge in [0, 0.05) is 16.7 Å². The number of aliphatic hydroxyl groups is 1. The number of hydrogen-bond donors (Lipinski definition) is 2. The van der Waals surface area contributed by atoms with E-state index < -0.39 is 6.10 Å². The minimum absolute atomic E-state index is 0.271. The number of esters is 1. The number of aliphatic hydroxyl groups excluding tert-OH is 1. The third-order valence-corrected chi connectivity index (χ3v) is 6.30. The lowest BCUT2D eigenvalue weighted by Gasteiger charge is -2.13. The summed E-state index contributed by atoms with van der Waals surface area (Å²) in [5.41, 5.74) is 4.99. The van der Waals surface area contributed by atoms with Crippen molar-refractivity contribution in [1.29, 1.82) is 0 Å². The molecule has 3 rings (SSSR count). The first-order chi connectivity index (χ1) is 16.0. The fourth-order valence-electron chi connectivity index (χ4n) is 3.56. The van der Waals surface area contributed by atoms with E-state index in [9.17, 15) is 9.90 Å². The fourth-order valence-corrected chi connectivity index (χ4v) is 4.54. The zero-order chi connectivity index (χ0) is 23.6. The average Bonchev–Trinajstić information content (AvgIpc) is 2.82. The molecule has 0 spiro atoms. The molecule has 4 nitrogen and oxygen atoms in total. The van der Waals surface area contributed by atoms with E-state index >= 15 is 0 Å². The largest absolute Gasteiger partial charge is 0.462 e.